The Morgan fingerprint density at radius 2 is 0.891 bits per heavy atom. The summed E-state index contributed by atoms with van der Waals surface area (Å²) in [5.41, 5.74) is 4.97. The maximum absolute atomic E-state index is 12.0. The molecule has 0 amide bonds. The van der Waals surface area contributed by atoms with Crippen molar-refractivity contribution in [2.24, 2.45) is 0 Å². The second-order valence-electron chi connectivity index (χ2n) is 10.4. The Balaban J connectivity index is 0.00000312. The zero-order valence-electron chi connectivity index (χ0n) is 22.9. The third-order valence-electron chi connectivity index (χ3n) is 7.73. The van der Waals surface area contributed by atoms with Gasteiger partial charge in [-0.1, -0.05) is 84.9 Å². The number of hydrogen-bond acceptors (Lipinski definition) is 9. The molecular weight excluding hydrogens is 639 g/mol. The maximum Gasteiger partial charge on any atom is 0.401 e. The molecule has 46 heavy (non-hydrogen) atoms. The Kier molecular flexibility index (Phi) is 6.42. The van der Waals surface area contributed by atoms with Gasteiger partial charge in [-0.05, 0) is 6.07 Å². The Hall–Kier alpha value is -5.19. The monoisotopic (exact) mass is 658 g/mol. The van der Waals surface area contributed by atoms with Crippen molar-refractivity contribution in [2.75, 3.05) is 0 Å². The van der Waals surface area contributed by atoms with Crippen molar-refractivity contribution in [1.29, 1.82) is 0 Å². The molecular formula is C32H20AlClN8O3S. The highest BCUT2D eigenvalue weighted by Crippen LogP contribution is 2.38. The van der Waals surface area contributed by atoms with E-state index in [2.05, 4.69) is 9.97 Å². The van der Waals surface area contributed by atoms with Gasteiger partial charge in [0.15, 0.2) is 46.4 Å². The van der Waals surface area contributed by atoms with E-state index in [-0.39, 0.29) is 28.8 Å². The van der Waals surface area contributed by atoms with E-state index in [1.807, 2.05) is 72.8 Å². The summed E-state index contributed by atoms with van der Waals surface area (Å²) < 4.78 is 29.2. The molecule has 9 rings (SSSR count). The lowest BCUT2D eigenvalue weighted by atomic mass is 10.1. The van der Waals surface area contributed by atoms with Gasteiger partial charge in [0.2, 0.25) is 0 Å². The lowest BCUT2D eigenvalue weighted by Crippen LogP contribution is -2.00. The molecule has 0 saturated heterocycles. The summed E-state index contributed by atoms with van der Waals surface area (Å²) in [5, 5.41) is 2.65. The number of hydrogen-bond donors (Lipinski definition) is 2. The molecule has 8 bridgehead atoms. The van der Waals surface area contributed by atoms with Gasteiger partial charge in [-0.3, -0.25) is 0 Å². The molecule has 0 spiro atoms. The molecule has 2 aliphatic rings. The second kappa shape index (κ2) is 10.4. The summed E-state index contributed by atoms with van der Waals surface area (Å²) in [6.07, 6.45) is 0. The van der Waals surface area contributed by atoms with E-state index >= 15 is 0 Å². The van der Waals surface area contributed by atoms with Crippen molar-refractivity contribution in [3.8, 4) is 51.3 Å². The quantitative estimate of drug-likeness (QED) is 0.180. The minimum atomic E-state index is -4.38. The Labute approximate surface area is 275 Å². The smallest absolute Gasteiger partial charge is 0.370 e. The fourth-order valence-electron chi connectivity index (χ4n) is 5.83. The van der Waals surface area contributed by atoms with Gasteiger partial charge >= 0.3 is 9.33 Å². The molecule has 14 heteroatoms. The normalized spacial score (nSPS) is 12.0. The summed E-state index contributed by atoms with van der Waals surface area (Å²) in [6.45, 7) is 0. The SMILES string of the molecule is O=S(=O)(Cl)Oc1cccc2c3nc4nc(nc5[nH]c(nc6nc(nc([nH]3)c12)-c1ccccc1-6)c1ccccc51)-c1ccccc1-4.[AlH3]. The van der Waals surface area contributed by atoms with Crippen LogP contribution in [0.15, 0.2) is 91.0 Å². The number of rotatable bonds is 2. The van der Waals surface area contributed by atoms with Crippen LogP contribution in [0, 0.1) is 0 Å². The summed E-state index contributed by atoms with van der Waals surface area (Å²) >= 11 is 0. The van der Waals surface area contributed by atoms with Gasteiger partial charge in [-0.2, -0.15) is 8.42 Å². The third kappa shape index (κ3) is 4.52. The molecule has 5 heterocycles. The topological polar surface area (TPSA) is 152 Å². The van der Waals surface area contributed by atoms with Crippen LogP contribution in [0.5, 0.6) is 5.75 Å². The van der Waals surface area contributed by atoms with Crippen molar-refractivity contribution >= 4 is 81.5 Å². The number of H-pyrrole nitrogens is 2. The van der Waals surface area contributed by atoms with Crippen LogP contribution in [0.3, 0.4) is 0 Å². The number of aromatic nitrogens is 8. The number of halogens is 1. The van der Waals surface area contributed by atoms with Crippen LogP contribution in [0.25, 0.3) is 89.7 Å². The molecule has 222 valence electrons. The highest BCUT2D eigenvalue weighted by atomic mass is 35.7. The minimum Gasteiger partial charge on any atom is -0.370 e. The van der Waals surface area contributed by atoms with Gasteiger partial charge < -0.3 is 14.2 Å². The van der Waals surface area contributed by atoms with Crippen LogP contribution in [0.2, 0.25) is 0 Å². The molecule has 2 N–H and O–H groups in total. The van der Waals surface area contributed by atoms with E-state index in [0.717, 1.165) is 33.0 Å². The average molecular weight is 659 g/mol. The van der Waals surface area contributed by atoms with Crippen LogP contribution in [0.4, 0.5) is 0 Å². The van der Waals surface area contributed by atoms with Crippen LogP contribution in [-0.4, -0.2) is 65.7 Å². The van der Waals surface area contributed by atoms with E-state index in [4.69, 9.17) is 44.8 Å². The van der Waals surface area contributed by atoms with Crippen LogP contribution < -0.4 is 4.18 Å². The predicted molar refractivity (Wildman–Crippen MR) is 181 cm³/mol. The van der Waals surface area contributed by atoms with E-state index in [1.165, 1.54) is 6.07 Å². The van der Waals surface area contributed by atoms with Gasteiger partial charge in [-0.25, -0.2) is 29.9 Å². The van der Waals surface area contributed by atoms with Gasteiger partial charge in [-0.15, -0.1) is 0 Å². The molecule has 11 nitrogen and oxygen atoms in total. The fraction of sp³-hybridized carbons (Fsp3) is 0. The molecule has 0 aliphatic carbocycles. The molecule has 0 fully saturated rings. The fourth-order valence-corrected chi connectivity index (χ4v) is 6.39. The van der Waals surface area contributed by atoms with Gasteiger partial charge in [0.1, 0.15) is 22.6 Å². The summed E-state index contributed by atoms with van der Waals surface area (Å²) in [5.74, 6) is 1.71. The number of benzene rings is 4. The predicted octanol–water partition coefficient (Wildman–Crippen LogP) is 5.55. The van der Waals surface area contributed by atoms with Gasteiger partial charge in [0.05, 0.1) is 16.1 Å². The molecule has 2 aliphatic heterocycles. The summed E-state index contributed by atoms with van der Waals surface area (Å²) in [4.78, 5) is 36.0. The maximum atomic E-state index is 12.0. The third-order valence-corrected chi connectivity index (χ3v) is 8.30. The van der Waals surface area contributed by atoms with Crippen LogP contribution >= 0.6 is 10.7 Å². The first kappa shape index (κ1) is 28.3. The van der Waals surface area contributed by atoms with Gasteiger partial charge in [0.25, 0.3) is 0 Å². The molecule has 3 aromatic heterocycles. The van der Waals surface area contributed by atoms with Crippen molar-refractivity contribution in [3.05, 3.63) is 91.0 Å². The lowest BCUT2D eigenvalue weighted by Gasteiger charge is -2.02. The van der Waals surface area contributed by atoms with Crippen molar-refractivity contribution < 1.29 is 12.6 Å². The first-order valence-corrected chi connectivity index (χ1v) is 16.0. The number of nitrogens with zero attached hydrogens (tertiary/aromatic N) is 6. The number of nitrogens with one attached hydrogen (secondary N) is 2. The molecule has 0 saturated carbocycles. The first-order valence-electron chi connectivity index (χ1n) is 13.8. The Bertz CT molecular complexity index is 2690. The Morgan fingerprint density at radius 1 is 0.500 bits per heavy atom. The second-order valence-corrected chi connectivity index (χ2v) is 12.5. The molecule has 0 unspecified atom stereocenters. The zero-order valence-corrected chi connectivity index (χ0v) is 24.4. The minimum absolute atomic E-state index is 0. The van der Waals surface area contributed by atoms with E-state index in [1.54, 1.807) is 12.1 Å². The molecule has 0 radical (unpaired) electrons. The van der Waals surface area contributed by atoms with Gasteiger partial charge in [0, 0.05) is 38.4 Å². The average Bonchev–Trinajstić information content (AvgIpc) is 3.76. The molecule has 0 atom stereocenters. The number of aromatic amines is 2. The molecule has 4 aromatic carbocycles. The molecule has 7 aromatic rings. The van der Waals surface area contributed by atoms with Crippen molar-refractivity contribution in [1.82, 2.24) is 39.9 Å². The standard InChI is InChI=1S/C32H17ClN8O3S.Al.3H/c33-45(42,43)44-23-15-7-14-22-24(23)32-40-30-21-13-6-5-12-20(21)28(38-30)36-26-17-9-2-1-8-16(17)25(34-26)35-27-18-10-3-4-11-19(18)29(37-27)39-31(22)41-32;;;;/h1-15H,(H2,34,35,36,37,38,39,40,41);;;;. The largest absolute Gasteiger partial charge is 0.401 e. The van der Waals surface area contributed by atoms with E-state index < -0.39 is 9.33 Å². The van der Waals surface area contributed by atoms with E-state index in [0.29, 0.717) is 51.0 Å². The first-order chi connectivity index (χ1) is 21.9. The summed E-state index contributed by atoms with van der Waals surface area (Å²) in [6, 6.07) is 28.1. The lowest BCUT2D eigenvalue weighted by molar-refractivity contribution is 0.506. The van der Waals surface area contributed by atoms with Crippen molar-refractivity contribution in [2.45, 2.75) is 0 Å². The van der Waals surface area contributed by atoms with Crippen molar-refractivity contribution in [3.63, 3.8) is 0 Å². The van der Waals surface area contributed by atoms with Crippen LogP contribution in [-0.2, 0) is 9.33 Å². The highest BCUT2D eigenvalue weighted by molar-refractivity contribution is 8.10. The highest BCUT2D eigenvalue weighted by Gasteiger charge is 2.23. The number of fused-ring (bicyclic) bond motifs is 20. The van der Waals surface area contributed by atoms with E-state index in [9.17, 15) is 8.42 Å². The zero-order chi connectivity index (χ0) is 30.3. The summed E-state index contributed by atoms with van der Waals surface area (Å²) in [7, 11) is 1.14. The van der Waals surface area contributed by atoms with Crippen LogP contribution in [0.1, 0.15) is 0 Å². The Morgan fingerprint density at radius 3 is 1.37 bits per heavy atom.